The van der Waals surface area contributed by atoms with E-state index in [2.05, 4.69) is 6.07 Å². The topological polar surface area (TPSA) is 68.6 Å². The SMILES string of the molecule is COC(=O)CC1CCCCC1(C#N)c1ccc(OC)c(OC)c1. The minimum atomic E-state index is -0.689. The Morgan fingerprint density at radius 1 is 1.26 bits per heavy atom. The molecule has 0 radical (unpaired) electrons. The van der Waals surface area contributed by atoms with Crippen LogP contribution >= 0.6 is 0 Å². The minimum Gasteiger partial charge on any atom is -0.493 e. The van der Waals surface area contributed by atoms with Crippen LogP contribution in [0.25, 0.3) is 0 Å². The molecule has 1 aliphatic rings. The van der Waals surface area contributed by atoms with E-state index in [1.54, 1.807) is 14.2 Å². The van der Waals surface area contributed by atoms with Crippen molar-refractivity contribution in [3.05, 3.63) is 23.8 Å². The fourth-order valence-corrected chi connectivity index (χ4v) is 3.51. The summed E-state index contributed by atoms with van der Waals surface area (Å²) in [5.41, 5.74) is 0.192. The van der Waals surface area contributed by atoms with E-state index in [1.807, 2.05) is 18.2 Å². The van der Waals surface area contributed by atoms with Crippen molar-refractivity contribution < 1.29 is 19.0 Å². The summed E-state index contributed by atoms with van der Waals surface area (Å²) in [5.74, 6) is 0.912. The summed E-state index contributed by atoms with van der Waals surface area (Å²) in [6.45, 7) is 0. The molecule has 0 saturated heterocycles. The van der Waals surface area contributed by atoms with Gasteiger partial charge in [-0.05, 0) is 36.5 Å². The molecule has 1 aliphatic carbocycles. The molecule has 1 fully saturated rings. The van der Waals surface area contributed by atoms with Crippen LogP contribution in [-0.2, 0) is 14.9 Å². The molecule has 0 amide bonds. The van der Waals surface area contributed by atoms with E-state index in [-0.39, 0.29) is 18.3 Å². The molecule has 0 N–H and O–H groups in total. The van der Waals surface area contributed by atoms with Gasteiger partial charge in [0.25, 0.3) is 0 Å². The molecular formula is C18H23NO4. The number of esters is 1. The van der Waals surface area contributed by atoms with E-state index >= 15 is 0 Å². The summed E-state index contributed by atoms with van der Waals surface area (Å²) in [6, 6.07) is 8.08. The maximum atomic E-state index is 11.8. The third kappa shape index (κ3) is 3.26. The van der Waals surface area contributed by atoms with E-state index in [1.165, 1.54) is 7.11 Å². The predicted octanol–water partition coefficient (Wildman–Crippen LogP) is 3.22. The third-order valence-corrected chi connectivity index (χ3v) is 4.81. The van der Waals surface area contributed by atoms with Crippen LogP contribution in [0.3, 0.4) is 0 Å². The zero-order valence-corrected chi connectivity index (χ0v) is 13.9. The van der Waals surface area contributed by atoms with Gasteiger partial charge in [0.05, 0.1) is 39.2 Å². The van der Waals surface area contributed by atoms with Gasteiger partial charge in [-0.15, -0.1) is 0 Å². The van der Waals surface area contributed by atoms with Crippen molar-refractivity contribution in [2.75, 3.05) is 21.3 Å². The lowest BCUT2D eigenvalue weighted by Crippen LogP contribution is -2.38. The van der Waals surface area contributed by atoms with Crippen LogP contribution in [0, 0.1) is 17.2 Å². The Morgan fingerprint density at radius 2 is 2.00 bits per heavy atom. The third-order valence-electron chi connectivity index (χ3n) is 4.81. The molecule has 23 heavy (non-hydrogen) atoms. The minimum absolute atomic E-state index is 0.0493. The highest BCUT2D eigenvalue weighted by Gasteiger charge is 2.44. The van der Waals surface area contributed by atoms with E-state index < -0.39 is 5.41 Å². The van der Waals surface area contributed by atoms with Gasteiger partial charge in [-0.3, -0.25) is 4.79 Å². The smallest absolute Gasteiger partial charge is 0.305 e. The van der Waals surface area contributed by atoms with Crippen molar-refractivity contribution in [3.8, 4) is 17.6 Å². The molecule has 2 rings (SSSR count). The molecule has 2 unspecified atom stereocenters. The molecular weight excluding hydrogens is 294 g/mol. The molecule has 124 valence electrons. The van der Waals surface area contributed by atoms with Crippen LogP contribution in [0.2, 0.25) is 0 Å². The van der Waals surface area contributed by atoms with Gasteiger partial charge in [0.2, 0.25) is 0 Å². The van der Waals surface area contributed by atoms with Gasteiger partial charge in [0.15, 0.2) is 11.5 Å². The van der Waals surface area contributed by atoms with Gasteiger partial charge in [0, 0.05) is 0 Å². The monoisotopic (exact) mass is 317 g/mol. The molecule has 1 saturated carbocycles. The first-order chi connectivity index (χ1) is 11.1. The lowest BCUT2D eigenvalue weighted by Gasteiger charge is -2.39. The van der Waals surface area contributed by atoms with Gasteiger partial charge >= 0.3 is 5.97 Å². The van der Waals surface area contributed by atoms with E-state index in [9.17, 15) is 10.1 Å². The van der Waals surface area contributed by atoms with Crippen molar-refractivity contribution in [3.63, 3.8) is 0 Å². The van der Waals surface area contributed by atoms with Crippen LogP contribution in [0.1, 0.15) is 37.7 Å². The standard InChI is InChI=1S/C18H23NO4/c1-21-15-8-7-14(10-16(15)22-2)18(12-19)9-5-4-6-13(18)11-17(20)23-3/h7-8,10,13H,4-6,9,11H2,1-3H3. The molecule has 0 heterocycles. The number of carbonyl (C=O) groups is 1. The Bertz CT molecular complexity index is 608. The van der Waals surface area contributed by atoms with Gasteiger partial charge in [0.1, 0.15) is 0 Å². The number of nitriles is 1. The summed E-state index contributed by atoms with van der Waals surface area (Å²) >= 11 is 0. The molecule has 0 spiro atoms. The van der Waals surface area contributed by atoms with Gasteiger partial charge in [-0.2, -0.15) is 5.26 Å². The Labute approximate surface area is 137 Å². The van der Waals surface area contributed by atoms with Crippen molar-refractivity contribution in [2.24, 2.45) is 5.92 Å². The van der Waals surface area contributed by atoms with E-state index in [0.717, 1.165) is 31.2 Å². The average molecular weight is 317 g/mol. The van der Waals surface area contributed by atoms with Gasteiger partial charge in [-0.1, -0.05) is 18.9 Å². The van der Waals surface area contributed by atoms with Crippen LogP contribution in [0.15, 0.2) is 18.2 Å². The predicted molar refractivity (Wildman–Crippen MR) is 85.4 cm³/mol. The average Bonchev–Trinajstić information content (AvgIpc) is 2.61. The van der Waals surface area contributed by atoms with Crippen molar-refractivity contribution in [2.45, 2.75) is 37.5 Å². The quantitative estimate of drug-likeness (QED) is 0.780. The molecule has 0 bridgehead atoms. The lowest BCUT2D eigenvalue weighted by atomic mass is 9.62. The van der Waals surface area contributed by atoms with Crippen LogP contribution in [-0.4, -0.2) is 27.3 Å². The summed E-state index contributed by atoms with van der Waals surface area (Å²) in [5, 5.41) is 9.97. The fourth-order valence-electron chi connectivity index (χ4n) is 3.51. The molecule has 1 aromatic rings. The first kappa shape index (κ1) is 17.1. The number of benzene rings is 1. The fraction of sp³-hybridized carbons (Fsp3) is 0.556. The highest BCUT2D eigenvalue weighted by molar-refractivity contribution is 5.70. The number of hydrogen-bond acceptors (Lipinski definition) is 5. The highest BCUT2D eigenvalue weighted by Crippen LogP contribution is 2.47. The van der Waals surface area contributed by atoms with Gasteiger partial charge in [-0.25, -0.2) is 0 Å². The highest BCUT2D eigenvalue weighted by atomic mass is 16.5. The molecule has 5 heteroatoms. The second-order valence-corrected chi connectivity index (χ2v) is 5.88. The number of rotatable bonds is 5. The summed E-state index contributed by atoms with van der Waals surface area (Å²) < 4.78 is 15.5. The van der Waals surface area contributed by atoms with E-state index in [4.69, 9.17) is 14.2 Å². The molecule has 0 aliphatic heterocycles. The second-order valence-electron chi connectivity index (χ2n) is 5.88. The Balaban J connectivity index is 2.45. The normalized spacial score (nSPS) is 23.7. The van der Waals surface area contributed by atoms with Gasteiger partial charge < -0.3 is 14.2 Å². The summed E-state index contributed by atoms with van der Waals surface area (Å²) in [6.07, 6.45) is 3.84. The van der Waals surface area contributed by atoms with Crippen molar-refractivity contribution in [1.29, 1.82) is 5.26 Å². The number of nitrogens with zero attached hydrogens (tertiary/aromatic N) is 1. The number of carbonyl (C=O) groups excluding carboxylic acids is 1. The molecule has 1 aromatic carbocycles. The Kier molecular flexibility index (Phi) is 5.49. The molecule has 0 aromatic heterocycles. The maximum Gasteiger partial charge on any atom is 0.305 e. The zero-order valence-electron chi connectivity index (χ0n) is 13.9. The zero-order chi connectivity index (χ0) is 16.9. The second kappa shape index (κ2) is 7.36. The van der Waals surface area contributed by atoms with Crippen molar-refractivity contribution in [1.82, 2.24) is 0 Å². The first-order valence-electron chi connectivity index (χ1n) is 7.82. The Hall–Kier alpha value is -2.22. The Morgan fingerprint density at radius 3 is 2.61 bits per heavy atom. The largest absolute Gasteiger partial charge is 0.493 e. The number of hydrogen-bond donors (Lipinski definition) is 0. The summed E-state index contributed by atoms with van der Waals surface area (Å²) in [7, 11) is 4.54. The molecule has 2 atom stereocenters. The number of ether oxygens (including phenoxy) is 3. The lowest BCUT2D eigenvalue weighted by molar-refractivity contribution is -0.142. The van der Waals surface area contributed by atoms with Crippen LogP contribution < -0.4 is 9.47 Å². The molecule has 5 nitrogen and oxygen atoms in total. The number of methoxy groups -OCH3 is 3. The van der Waals surface area contributed by atoms with E-state index in [0.29, 0.717) is 11.5 Å². The van der Waals surface area contributed by atoms with Crippen LogP contribution in [0.4, 0.5) is 0 Å². The maximum absolute atomic E-state index is 11.8. The van der Waals surface area contributed by atoms with Crippen LogP contribution in [0.5, 0.6) is 11.5 Å². The summed E-state index contributed by atoms with van der Waals surface area (Å²) in [4.78, 5) is 11.8. The van der Waals surface area contributed by atoms with Crippen molar-refractivity contribution >= 4 is 5.97 Å². The first-order valence-corrected chi connectivity index (χ1v) is 7.82.